The Morgan fingerprint density at radius 3 is 2.74 bits per heavy atom. The lowest BCUT2D eigenvalue weighted by Gasteiger charge is -2.37. The molecule has 1 atom stereocenters. The standard InChI is InChI=1S/C13H22N4S.ClH/c1-11-15-12(10-18-11)9-16-4-6-17(7-5-16)13-2-3-14-8-13;/h10,13-14H,2-9H2,1H3;1H. The van der Waals surface area contributed by atoms with Gasteiger partial charge in [0.15, 0.2) is 0 Å². The van der Waals surface area contributed by atoms with E-state index in [0.29, 0.717) is 0 Å². The smallest absolute Gasteiger partial charge is 0.0897 e. The average molecular weight is 303 g/mol. The van der Waals surface area contributed by atoms with Crippen molar-refractivity contribution < 1.29 is 0 Å². The summed E-state index contributed by atoms with van der Waals surface area (Å²) in [4.78, 5) is 9.75. The summed E-state index contributed by atoms with van der Waals surface area (Å²) < 4.78 is 0. The molecule has 2 aliphatic heterocycles. The molecule has 2 fully saturated rings. The van der Waals surface area contributed by atoms with Crippen LogP contribution in [0, 0.1) is 6.92 Å². The maximum absolute atomic E-state index is 4.55. The van der Waals surface area contributed by atoms with Crippen molar-refractivity contribution in [2.45, 2.75) is 25.9 Å². The fourth-order valence-electron chi connectivity index (χ4n) is 2.95. The number of rotatable bonds is 3. The molecule has 0 amide bonds. The van der Waals surface area contributed by atoms with Gasteiger partial charge < -0.3 is 5.32 Å². The Labute approximate surface area is 125 Å². The molecule has 0 aromatic carbocycles. The minimum atomic E-state index is 0. The molecule has 3 heterocycles. The number of thiazole rings is 1. The van der Waals surface area contributed by atoms with Crippen LogP contribution < -0.4 is 5.32 Å². The summed E-state index contributed by atoms with van der Waals surface area (Å²) >= 11 is 1.76. The predicted molar refractivity (Wildman–Crippen MR) is 82.2 cm³/mol. The Hall–Kier alpha value is -0.200. The molecule has 0 aliphatic carbocycles. The lowest BCUT2D eigenvalue weighted by molar-refractivity contribution is 0.0974. The molecule has 6 heteroatoms. The maximum Gasteiger partial charge on any atom is 0.0897 e. The summed E-state index contributed by atoms with van der Waals surface area (Å²) in [5.41, 5.74) is 1.24. The summed E-state index contributed by atoms with van der Waals surface area (Å²) in [6, 6.07) is 0.786. The summed E-state index contributed by atoms with van der Waals surface area (Å²) in [6.07, 6.45) is 1.32. The molecule has 2 aliphatic rings. The number of hydrogen-bond donors (Lipinski definition) is 1. The Morgan fingerprint density at radius 1 is 1.37 bits per heavy atom. The number of nitrogens with one attached hydrogen (secondary N) is 1. The van der Waals surface area contributed by atoms with Crippen LogP contribution in [0.5, 0.6) is 0 Å². The molecule has 3 rings (SSSR count). The van der Waals surface area contributed by atoms with E-state index >= 15 is 0 Å². The van der Waals surface area contributed by atoms with E-state index in [9.17, 15) is 0 Å². The zero-order chi connectivity index (χ0) is 12.4. The first-order valence-corrected chi connectivity index (χ1v) is 7.77. The van der Waals surface area contributed by atoms with Gasteiger partial charge in [0.2, 0.25) is 0 Å². The minimum Gasteiger partial charge on any atom is -0.315 e. The van der Waals surface area contributed by atoms with Gasteiger partial charge in [0, 0.05) is 50.7 Å². The first-order chi connectivity index (χ1) is 8.81. The molecule has 1 aromatic heterocycles. The molecule has 4 nitrogen and oxygen atoms in total. The second-order valence-corrected chi connectivity index (χ2v) is 6.38. The van der Waals surface area contributed by atoms with E-state index in [1.165, 1.54) is 56.4 Å². The average Bonchev–Trinajstić information content (AvgIpc) is 3.02. The van der Waals surface area contributed by atoms with Crippen LogP contribution in [0.2, 0.25) is 0 Å². The van der Waals surface area contributed by atoms with Crippen molar-refractivity contribution in [3.63, 3.8) is 0 Å². The number of halogens is 1. The second kappa shape index (κ2) is 6.99. The van der Waals surface area contributed by atoms with Crippen LogP contribution in [0.1, 0.15) is 17.1 Å². The summed E-state index contributed by atoms with van der Waals surface area (Å²) in [5, 5.41) is 6.84. The number of nitrogens with zero attached hydrogens (tertiary/aromatic N) is 3. The lowest BCUT2D eigenvalue weighted by atomic mass is 10.2. The molecule has 1 aromatic rings. The third kappa shape index (κ3) is 3.89. The largest absolute Gasteiger partial charge is 0.315 e. The van der Waals surface area contributed by atoms with E-state index in [1.807, 2.05) is 0 Å². The number of aromatic nitrogens is 1. The number of hydrogen-bond acceptors (Lipinski definition) is 5. The topological polar surface area (TPSA) is 31.4 Å². The van der Waals surface area contributed by atoms with Crippen molar-refractivity contribution in [1.82, 2.24) is 20.1 Å². The molecule has 1 N–H and O–H groups in total. The molecule has 2 saturated heterocycles. The highest BCUT2D eigenvalue weighted by Crippen LogP contribution is 2.15. The lowest BCUT2D eigenvalue weighted by Crippen LogP contribution is -2.50. The Morgan fingerprint density at radius 2 is 2.16 bits per heavy atom. The van der Waals surface area contributed by atoms with Gasteiger partial charge in [0.1, 0.15) is 0 Å². The SMILES string of the molecule is Cc1nc(CN2CCN(C3CCNC3)CC2)cs1.Cl. The summed E-state index contributed by atoms with van der Waals surface area (Å²) in [5.74, 6) is 0. The second-order valence-electron chi connectivity index (χ2n) is 5.32. The van der Waals surface area contributed by atoms with Gasteiger partial charge in [-0.2, -0.15) is 0 Å². The molecule has 0 bridgehead atoms. The summed E-state index contributed by atoms with van der Waals surface area (Å²) in [6.45, 7) is 10.3. The first-order valence-electron chi connectivity index (χ1n) is 6.89. The van der Waals surface area contributed by atoms with Crippen LogP contribution in [0.3, 0.4) is 0 Å². The van der Waals surface area contributed by atoms with Crippen LogP contribution in [-0.2, 0) is 6.54 Å². The third-order valence-corrected chi connectivity index (χ3v) is 4.83. The minimum absolute atomic E-state index is 0. The number of piperazine rings is 1. The van der Waals surface area contributed by atoms with Crippen LogP contribution >= 0.6 is 23.7 Å². The van der Waals surface area contributed by atoms with Crippen molar-refractivity contribution in [2.24, 2.45) is 0 Å². The van der Waals surface area contributed by atoms with Crippen LogP contribution in [-0.4, -0.2) is 60.1 Å². The third-order valence-electron chi connectivity index (χ3n) is 4.01. The predicted octanol–water partition coefficient (Wildman–Crippen LogP) is 1.35. The maximum atomic E-state index is 4.55. The molecular formula is C13H23ClN4S. The van der Waals surface area contributed by atoms with Crippen molar-refractivity contribution in [1.29, 1.82) is 0 Å². The van der Waals surface area contributed by atoms with E-state index in [2.05, 4.69) is 32.4 Å². The molecular weight excluding hydrogens is 280 g/mol. The van der Waals surface area contributed by atoms with Gasteiger partial charge >= 0.3 is 0 Å². The zero-order valence-electron chi connectivity index (χ0n) is 11.5. The number of aryl methyl sites for hydroxylation is 1. The van der Waals surface area contributed by atoms with E-state index in [1.54, 1.807) is 11.3 Å². The van der Waals surface area contributed by atoms with Crippen molar-refractivity contribution in [3.05, 3.63) is 16.1 Å². The Balaban J connectivity index is 0.00000133. The monoisotopic (exact) mass is 302 g/mol. The van der Waals surface area contributed by atoms with Crippen LogP contribution in [0.15, 0.2) is 5.38 Å². The molecule has 108 valence electrons. The van der Waals surface area contributed by atoms with Gasteiger partial charge in [-0.1, -0.05) is 0 Å². The molecule has 0 saturated carbocycles. The normalized spacial score (nSPS) is 25.4. The van der Waals surface area contributed by atoms with Gasteiger partial charge in [-0.05, 0) is 19.9 Å². The van der Waals surface area contributed by atoms with E-state index < -0.39 is 0 Å². The zero-order valence-corrected chi connectivity index (χ0v) is 13.1. The van der Waals surface area contributed by atoms with Gasteiger partial charge in [-0.25, -0.2) is 4.98 Å². The van der Waals surface area contributed by atoms with Crippen molar-refractivity contribution in [2.75, 3.05) is 39.3 Å². The first kappa shape index (κ1) is 15.2. The highest BCUT2D eigenvalue weighted by molar-refractivity contribution is 7.09. The van der Waals surface area contributed by atoms with Crippen LogP contribution in [0.25, 0.3) is 0 Å². The fourth-order valence-corrected chi connectivity index (χ4v) is 3.55. The van der Waals surface area contributed by atoms with E-state index in [-0.39, 0.29) is 12.4 Å². The highest BCUT2D eigenvalue weighted by Gasteiger charge is 2.25. The molecule has 0 spiro atoms. The Bertz CT molecular complexity index is 384. The van der Waals surface area contributed by atoms with Crippen molar-refractivity contribution in [3.8, 4) is 0 Å². The van der Waals surface area contributed by atoms with Gasteiger partial charge in [0.05, 0.1) is 10.7 Å². The fraction of sp³-hybridized carbons (Fsp3) is 0.769. The summed E-state index contributed by atoms with van der Waals surface area (Å²) in [7, 11) is 0. The molecule has 0 radical (unpaired) electrons. The quantitative estimate of drug-likeness (QED) is 0.913. The van der Waals surface area contributed by atoms with Crippen LogP contribution in [0.4, 0.5) is 0 Å². The highest BCUT2D eigenvalue weighted by atomic mass is 35.5. The van der Waals surface area contributed by atoms with Crippen molar-refractivity contribution >= 4 is 23.7 Å². The van der Waals surface area contributed by atoms with Gasteiger partial charge in [0.25, 0.3) is 0 Å². The van der Waals surface area contributed by atoms with Gasteiger partial charge in [-0.15, -0.1) is 23.7 Å². The van der Waals surface area contributed by atoms with E-state index in [0.717, 1.165) is 12.6 Å². The molecule has 1 unspecified atom stereocenters. The Kier molecular flexibility index (Phi) is 5.59. The van der Waals surface area contributed by atoms with Gasteiger partial charge in [-0.3, -0.25) is 9.80 Å². The molecule has 19 heavy (non-hydrogen) atoms. The van der Waals surface area contributed by atoms with E-state index in [4.69, 9.17) is 0 Å².